The second kappa shape index (κ2) is 7.31. The minimum absolute atomic E-state index is 0.0939. The summed E-state index contributed by atoms with van der Waals surface area (Å²) in [6.45, 7) is 0.611. The van der Waals surface area contributed by atoms with Gasteiger partial charge in [-0.15, -0.1) is 0 Å². The van der Waals surface area contributed by atoms with Gasteiger partial charge in [0.05, 0.1) is 13.0 Å². The van der Waals surface area contributed by atoms with Crippen LogP contribution in [0.15, 0.2) is 42.5 Å². The van der Waals surface area contributed by atoms with Crippen LogP contribution in [0.2, 0.25) is 0 Å². The van der Waals surface area contributed by atoms with Crippen molar-refractivity contribution in [3.8, 4) is 17.2 Å². The van der Waals surface area contributed by atoms with Gasteiger partial charge in [0, 0.05) is 13.0 Å². The summed E-state index contributed by atoms with van der Waals surface area (Å²) in [5.41, 5.74) is 2.01. The molecule has 6 nitrogen and oxygen atoms in total. The Balaban J connectivity index is 1.39. The summed E-state index contributed by atoms with van der Waals surface area (Å²) in [5.74, 6) is 1.69. The fraction of sp³-hybridized carbons (Fsp3) is 0.333. The maximum Gasteiger partial charge on any atom is 0.233 e. The van der Waals surface area contributed by atoms with Crippen molar-refractivity contribution >= 4 is 11.8 Å². The number of hydrogen-bond acceptors (Lipinski definition) is 5. The van der Waals surface area contributed by atoms with Crippen LogP contribution in [-0.2, 0) is 22.4 Å². The monoisotopic (exact) mass is 367 g/mol. The number of ether oxygens (including phenoxy) is 3. The van der Waals surface area contributed by atoms with E-state index in [1.807, 2.05) is 42.5 Å². The third-order valence-corrected chi connectivity index (χ3v) is 5.01. The summed E-state index contributed by atoms with van der Waals surface area (Å²) < 4.78 is 15.9. The normalized spacial score (nSPS) is 18.3. The first-order valence-electron chi connectivity index (χ1n) is 8.99. The molecule has 4 rings (SSSR count). The van der Waals surface area contributed by atoms with E-state index in [-0.39, 0.29) is 30.9 Å². The Kier molecular flexibility index (Phi) is 4.71. The van der Waals surface area contributed by atoms with Gasteiger partial charge in [-0.05, 0) is 48.2 Å². The van der Waals surface area contributed by atoms with Crippen molar-refractivity contribution in [2.75, 3.05) is 20.4 Å². The van der Waals surface area contributed by atoms with Crippen LogP contribution in [0.1, 0.15) is 17.5 Å². The third-order valence-electron chi connectivity index (χ3n) is 5.01. The van der Waals surface area contributed by atoms with E-state index in [4.69, 9.17) is 14.2 Å². The molecule has 0 unspecified atom stereocenters. The molecule has 1 atom stereocenters. The van der Waals surface area contributed by atoms with E-state index in [0.717, 1.165) is 22.6 Å². The molecule has 0 spiro atoms. The van der Waals surface area contributed by atoms with Gasteiger partial charge >= 0.3 is 0 Å². The largest absolute Gasteiger partial charge is 0.497 e. The van der Waals surface area contributed by atoms with Crippen molar-refractivity contribution in [2.24, 2.45) is 5.92 Å². The summed E-state index contributed by atoms with van der Waals surface area (Å²) in [5, 5.41) is 0. The lowest BCUT2D eigenvalue weighted by Gasteiger charge is -2.15. The number of hydrogen-bond donors (Lipinski definition) is 0. The van der Waals surface area contributed by atoms with E-state index in [1.165, 1.54) is 4.90 Å². The first-order valence-corrected chi connectivity index (χ1v) is 8.99. The Hall–Kier alpha value is -3.02. The van der Waals surface area contributed by atoms with Crippen molar-refractivity contribution in [3.05, 3.63) is 53.6 Å². The van der Waals surface area contributed by atoms with E-state index in [2.05, 4.69) is 0 Å². The van der Waals surface area contributed by atoms with Gasteiger partial charge in [0.1, 0.15) is 5.75 Å². The average molecular weight is 367 g/mol. The maximum atomic E-state index is 12.7. The predicted molar refractivity (Wildman–Crippen MR) is 97.8 cm³/mol. The molecule has 2 aromatic rings. The van der Waals surface area contributed by atoms with Crippen molar-refractivity contribution in [2.45, 2.75) is 19.3 Å². The molecular formula is C21H21NO5. The Morgan fingerprint density at radius 2 is 1.93 bits per heavy atom. The SMILES string of the molecule is COc1cccc(C[C@H]2CC(=O)N(CCc3ccc4c(c3)OCO4)C2=O)c1. The molecule has 2 aliphatic heterocycles. The fourth-order valence-electron chi connectivity index (χ4n) is 3.57. The molecule has 140 valence electrons. The number of benzene rings is 2. The summed E-state index contributed by atoms with van der Waals surface area (Å²) >= 11 is 0. The molecule has 2 heterocycles. The molecular weight excluding hydrogens is 346 g/mol. The number of carbonyl (C=O) groups is 2. The molecule has 6 heteroatoms. The second-order valence-electron chi connectivity index (χ2n) is 6.78. The van der Waals surface area contributed by atoms with Gasteiger partial charge in [0.25, 0.3) is 0 Å². The van der Waals surface area contributed by atoms with Crippen LogP contribution in [-0.4, -0.2) is 37.2 Å². The van der Waals surface area contributed by atoms with Crippen molar-refractivity contribution in [1.29, 1.82) is 0 Å². The van der Waals surface area contributed by atoms with Crippen LogP contribution in [0.25, 0.3) is 0 Å². The number of nitrogens with zero attached hydrogens (tertiary/aromatic N) is 1. The van der Waals surface area contributed by atoms with Crippen LogP contribution in [0.3, 0.4) is 0 Å². The third kappa shape index (κ3) is 3.60. The number of methoxy groups -OCH3 is 1. The van der Waals surface area contributed by atoms with E-state index in [9.17, 15) is 9.59 Å². The van der Waals surface area contributed by atoms with E-state index >= 15 is 0 Å². The fourth-order valence-corrected chi connectivity index (χ4v) is 3.57. The summed E-state index contributed by atoms with van der Waals surface area (Å²) in [6.07, 6.45) is 1.40. The minimum atomic E-state index is -0.304. The Morgan fingerprint density at radius 3 is 2.78 bits per heavy atom. The van der Waals surface area contributed by atoms with Crippen LogP contribution in [0, 0.1) is 5.92 Å². The zero-order valence-electron chi connectivity index (χ0n) is 15.1. The molecule has 2 aliphatic rings. The van der Waals surface area contributed by atoms with Gasteiger partial charge in [-0.25, -0.2) is 0 Å². The highest BCUT2D eigenvalue weighted by molar-refractivity contribution is 6.03. The highest BCUT2D eigenvalue weighted by Crippen LogP contribution is 2.33. The molecule has 0 bridgehead atoms. The van der Waals surface area contributed by atoms with Crippen molar-refractivity contribution in [1.82, 2.24) is 4.90 Å². The zero-order valence-corrected chi connectivity index (χ0v) is 15.1. The van der Waals surface area contributed by atoms with Crippen molar-refractivity contribution in [3.63, 3.8) is 0 Å². The van der Waals surface area contributed by atoms with Crippen molar-refractivity contribution < 1.29 is 23.8 Å². The molecule has 2 aromatic carbocycles. The summed E-state index contributed by atoms with van der Waals surface area (Å²) in [7, 11) is 1.61. The molecule has 0 saturated carbocycles. The van der Waals surface area contributed by atoms with E-state index < -0.39 is 0 Å². The van der Waals surface area contributed by atoms with Gasteiger partial charge in [-0.2, -0.15) is 0 Å². The molecule has 0 radical (unpaired) electrons. The highest BCUT2D eigenvalue weighted by Gasteiger charge is 2.38. The van der Waals surface area contributed by atoms with Crippen LogP contribution in [0.5, 0.6) is 17.2 Å². The average Bonchev–Trinajstić information content (AvgIpc) is 3.25. The number of rotatable bonds is 6. The number of likely N-dealkylation sites (tertiary alicyclic amines) is 1. The number of carbonyl (C=O) groups excluding carboxylic acids is 2. The van der Waals surface area contributed by atoms with E-state index in [0.29, 0.717) is 25.1 Å². The predicted octanol–water partition coefficient (Wildman–Crippen LogP) is 2.58. The van der Waals surface area contributed by atoms with Crippen LogP contribution >= 0.6 is 0 Å². The lowest BCUT2D eigenvalue weighted by molar-refractivity contribution is -0.139. The lowest BCUT2D eigenvalue weighted by Crippen LogP contribution is -2.33. The van der Waals surface area contributed by atoms with Crippen LogP contribution < -0.4 is 14.2 Å². The second-order valence-corrected chi connectivity index (χ2v) is 6.78. The van der Waals surface area contributed by atoms with Gasteiger partial charge in [0.2, 0.25) is 18.6 Å². The Morgan fingerprint density at radius 1 is 1.07 bits per heavy atom. The molecule has 2 amide bonds. The standard InChI is InChI=1S/C21H21NO5/c1-25-17-4-2-3-15(10-17)9-16-12-20(23)22(21(16)24)8-7-14-5-6-18-19(11-14)27-13-26-18/h2-6,10-11,16H,7-9,12-13H2,1H3/t16-/m0/s1. The van der Waals surface area contributed by atoms with Gasteiger partial charge < -0.3 is 14.2 Å². The summed E-state index contributed by atoms with van der Waals surface area (Å²) in [6, 6.07) is 13.3. The zero-order chi connectivity index (χ0) is 18.8. The summed E-state index contributed by atoms with van der Waals surface area (Å²) in [4.78, 5) is 26.4. The van der Waals surface area contributed by atoms with Gasteiger partial charge in [0.15, 0.2) is 11.5 Å². The first kappa shape index (κ1) is 17.4. The minimum Gasteiger partial charge on any atom is -0.497 e. The quantitative estimate of drug-likeness (QED) is 0.735. The Labute approximate surface area is 157 Å². The van der Waals surface area contributed by atoms with Crippen LogP contribution in [0.4, 0.5) is 0 Å². The first-order chi connectivity index (χ1) is 13.1. The van der Waals surface area contributed by atoms with E-state index in [1.54, 1.807) is 7.11 Å². The van der Waals surface area contributed by atoms with Gasteiger partial charge in [-0.1, -0.05) is 18.2 Å². The highest BCUT2D eigenvalue weighted by atomic mass is 16.7. The number of fused-ring (bicyclic) bond motifs is 1. The maximum absolute atomic E-state index is 12.7. The number of imide groups is 1. The molecule has 0 aromatic heterocycles. The molecule has 0 N–H and O–H groups in total. The molecule has 27 heavy (non-hydrogen) atoms. The molecule has 1 saturated heterocycles. The topological polar surface area (TPSA) is 65.1 Å². The molecule has 1 fully saturated rings. The lowest BCUT2D eigenvalue weighted by atomic mass is 9.98. The molecule has 0 aliphatic carbocycles. The Bertz CT molecular complexity index is 879. The van der Waals surface area contributed by atoms with Gasteiger partial charge in [-0.3, -0.25) is 14.5 Å². The number of amides is 2. The smallest absolute Gasteiger partial charge is 0.233 e.